The molecule has 1 N–H and O–H groups in total. The molecule has 2 aromatic rings. The van der Waals surface area contributed by atoms with Gasteiger partial charge in [-0.1, -0.05) is 29.3 Å². The summed E-state index contributed by atoms with van der Waals surface area (Å²) in [6.45, 7) is 1.98. The number of nitrogens with one attached hydrogen (secondary N) is 1. The molecule has 0 bridgehead atoms. The van der Waals surface area contributed by atoms with Crippen molar-refractivity contribution in [3.63, 3.8) is 0 Å². The van der Waals surface area contributed by atoms with Crippen LogP contribution in [0.3, 0.4) is 0 Å². The van der Waals surface area contributed by atoms with Crippen LogP contribution in [0.1, 0.15) is 18.4 Å². The van der Waals surface area contributed by atoms with Crippen molar-refractivity contribution in [2.45, 2.75) is 19.8 Å². The number of nitrogens with zero attached hydrogens (tertiary/aromatic N) is 2. The predicted molar refractivity (Wildman–Crippen MR) is 95.4 cm³/mol. The molecule has 3 rings (SSSR count). The first-order valence-corrected chi connectivity index (χ1v) is 7.95. The third-order valence-corrected chi connectivity index (χ3v) is 3.93. The van der Waals surface area contributed by atoms with Crippen LogP contribution in [0.15, 0.2) is 53.6 Å². The highest BCUT2D eigenvalue weighted by Gasteiger charge is 2.25. The smallest absolute Gasteiger partial charge is 0.271 e. The summed E-state index contributed by atoms with van der Waals surface area (Å²) in [5.74, 6) is -0.450. The molecule has 0 saturated heterocycles. The summed E-state index contributed by atoms with van der Waals surface area (Å²) < 4.78 is 0. The first kappa shape index (κ1) is 16.2. The molecule has 2 aromatic carbocycles. The second kappa shape index (κ2) is 6.84. The van der Waals surface area contributed by atoms with Crippen LogP contribution in [0, 0.1) is 6.92 Å². The van der Waals surface area contributed by atoms with E-state index in [4.69, 9.17) is 11.6 Å². The van der Waals surface area contributed by atoms with Gasteiger partial charge in [-0.15, -0.1) is 0 Å². The Morgan fingerprint density at radius 3 is 2.42 bits per heavy atom. The number of carbonyl (C=O) groups is 2. The van der Waals surface area contributed by atoms with Gasteiger partial charge in [-0.25, -0.2) is 5.01 Å². The van der Waals surface area contributed by atoms with E-state index in [1.165, 1.54) is 5.01 Å². The Bertz CT molecular complexity index is 798. The van der Waals surface area contributed by atoms with E-state index < -0.39 is 0 Å². The molecule has 0 atom stereocenters. The fraction of sp³-hybridized carbons (Fsp3) is 0.167. The molecule has 1 aliphatic rings. The summed E-state index contributed by atoms with van der Waals surface area (Å²) in [6, 6.07) is 14.3. The lowest BCUT2D eigenvalue weighted by atomic mass is 10.1. The van der Waals surface area contributed by atoms with Gasteiger partial charge in [0.25, 0.3) is 5.91 Å². The zero-order chi connectivity index (χ0) is 17.1. The molecule has 5 nitrogen and oxygen atoms in total. The van der Waals surface area contributed by atoms with Crippen LogP contribution in [0.25, 0.3) is 0 Å². The van der Waals surface area contributed by atoms with Gasteiger partial charge in [0.15, 0.2) is 0 Å². The van der Waals surface area contributed by atoms with Gasteiger partial charge in [0.1, 0.15) is 5.71 Å². The topological polar surface area (TPSA) is 61.8 Å². The summed E-state index contributed by atoms with van der Waals surface area (Å²) >= 11 is 5.86. The molecule has 122 valence electrons. The number of hydrogen-bond acceptors (Lipinski definition) is 3. The summed E-state index contributed by atoms with van der Waals surface area (Å²) in [5.41, 5.74) is 2.72. The molecule has 2 amide bonds. The van der Waals surface area contributed by atoms with Crippen molar-refractivity contribution >= 4 is 40.5 Å². The normalized spacial score (nSPS) is 14.3. The molecule has 6 heteroatoms. The molecule has 0 spiro atoms. The van der Waals surface area contributed by atoms with E-state index in [0.29, 0.717) is 28.5 Å². The van der Waals surface area contributed by atoms with Gasteiger partial charge >= 0.3 is 0 Å². The maximum Gasteiger partial charge on any atom is 0.271 e. The second-order valence-electron chi connectivity index (χ2n) is 5.55. The standard InChI is InChI=1S/C18H16ClN3O2/c1-12-2-6-14(7-3-12)20-18(24)16-10-11-17(23)22(21-16)15-8-4-13(19)5-9-15/h2-9H,10-11H2,1H3,(H,20,24). The van der Waals surface area contributed by atoms with Gasteiger partial charge in [-0.2, -0.15) is 5.10 Å². The Morgan fingerprint density at radius 2 is 1.75 bits per heavy atom. The zero-order valence-electron chi connectivity index (χ0n) is 13.1. The Balaban J connectivity index is 1.80. The Morgan fingerprint density at radius 1 is 1.08 bits per heavy atom. The van der Waals surface area contributed by atoms with Crippen molar-refractivity contribution in [3.05, 3.63) is 59.1 Å². The minimum atomic E-state index is -0.301. The molecule has 0 aromatic heterocycles. The van der Waals surface area contributed by atoms with E-state index in [1.54, 1.807) is 24.3 Å². The molecule has 0 unspecified atom stereocenters. The predicted octanol–water partition coefficient (Wildman–Crippen LogP) is 3.77. The number of amides is 2. The SMILES string of the molecule is Cc1ccc(NC(=O)C2=NN(c3ccc(Cl)cc3)C(=O)CC2)cc1. The highest BCUT2D eigenvalue weighted by Crippen LogP contribution is 2.22. The molecule has 0 fully saturated rings. The van der Waals surface area contributed by atoms with Crippen molar-refractivity contribution in [1.29, 1.82) is 0 Å². The van der Waals surface area contributed by atoms with Gasteiger partial charge < -0.3 is 5.32 Å². The lowest BCUT2D eigenvalue weighted by Crippen LogP contribution is -2.36. The minimum Gasteiger partial charge on any atom is -0.321 e. The Hall–Kier alpha value is -2.66. The van der Waals surface area contributed by atoms with Crippen molar-refractivity contribution in [3.8, 4) is 0 Å². The molecule has 1 heterocycles. The van der Waals surface area contributed by atoms with Crippen molar-refractivity contribution in [2.24, 2.45) is 5.10 Å². The maximum absolute atomic E-state index is 12.4. The van der Waals surface area contributed by atoms with Crippen LogP contribution in [-0.4, -0.2) is 17.5 Å². The minimum absolute atomic E-state index is 0.149. The quantitative estimate of drug-likeness (QED) is 0.923. The van der Waals surface area contributed by atoms with E-state index in [2.05, 4.69) is 10.4 Å². The molecule has 0 aliphatic carbocycles. The van der Waals surface area contributed by atoms with Gasteiger partial charge in [0.2, 0.25) is 5.91 Å². The van der Waals surface area contributed by atoms with Gasteiger partial charge in [0, 0.05) is 23.6 Å². The van der Waals surface area contributed by atoms with Gasteiger partial charge in [0.05, 0.1) is 5.69 Å². The number of aryl methyl sites for hydroxylation is 1. The van der Waals surface area contributed by atoms with Crippen LogP contribution in [0.5, 0.6) is 0 Å². The molecule has 0 radical (unpaired) electrons. The third-order valence-electron chi connectivity index (χ3n) is 3.68. The van der Waals surface area contributed by atoms with Crippen LogP contribution < -0.4 is 10.3 Å². The Labute approximate surface area is 144 Å². The van der Waals surface area contributed by atoms with E-state index in [9.17, 15) is 9.59 Å². The highest BCUT2D eigenvalue weighted by atomic mass is 35.5. The Kier molecular flexibility index (Phi) is 4.62. The third kappa shape index (κ3) is 3.63. The first-order chi connectivity index (χ1) is 11.5. The van der Waals surface area contributed by atoms with Crippen LogP contribution in [-0.2, 0) is 9.59 Å². The van der Waals surface area contributed by atoms with Crippen LogP contribution in [0.2, 0.25) is 5.02 Å². The molecular formula is C18H16ClN3O2. The number of carbonyl (C=O) groups excluding carboxylic acids is 2. The van der Waals surface area contributed by atoms with Crippen LogP contribution in [0.4, 0.5) is 11.4 Å². The van der Waals surface area contributed by atoms with E-state index in [0.717, 1.165) is 5.56 Å². The molecular weight excluding hydrogens is 326 g/mol. The summed E-state index contributed by atoms with van der Waals surface area (Å²) in [4.78, 5) is 24.5. The maximum atomic E-state index is 12.4. The van der Waals surface area contributed by atoms with Crippen LogP contribution >= 0.6 is 11.6 Å². The van der Waals surface area contributed by atoms with Crippen molar-refractivity contribution in [2.75, 3.05) is 10.3 Å². The van der Waals surface area contributed by atoms with E-state index >= 15 is 0 Å². The van der Waals surface area contributed by atoms with E-state index in [1.807, 2.05) is 31.2 Å². The van der Waals surface area contributed by atoms with Crippen molar-refractivity contribution in [1.82, 2.24) is 0 Å². The monoisotopic (exact) mass is 341 g/mol. The lowest BCUT2D eigenvalue weighted by molar-refractivity contribution is -0.118. The lowest BCUT2D eigenvalue weighted by Gasteiger charge is -2.23. The first-order valence-electron chi connectivity index (χ1n) is 7.57. The fourth-order valence-electron chi connectivity index (χ4n) is 2.34. The largest absolute Gasteiger partial charge is 0.321 e. The summed E-state index contributed by atoms with van der Waals surface area (Å²) in [5, 5.41) is 8.86. The molecule has 1 aliphatic heterocycles. The summed E-state index contributed by atoms with van der Waals surface area (Å²) in [7, 11) is 0. The number of rotatable bonds is 3. The average Bonchev–Trinajstić information content (AvgIpc) is 2.58. The van der Waals surface area contributed by atoms with Crippen molar-refractivity contribution < 1.29 is 9.59 Å². The zero-order valence-corrected chi connectivity index (χ0v) is 13.9. The molecule has 0 saturated carbocycles. The molecule has 24 heavy (non-hydrogen) atoms. The summed E-state index contributed by atoms with van der Waals surface area (Å²) in [6.07, 6.45) is 0.559. The highest BCUT2D eigenvalue weighted by molar-refractivity contribution is 6.44. The number of hydrogen-bond donors (Lipinski definition) is 1. The number of benzene rings is 2. The number of halogens is 1. The average molecular weight is 342 g/mol. The van der Waals surface area contributed by atoms with E-state index in [-0.39, 0.29) is 18.2 Å². The fourth-order valence-corrected chi connectivity index (χ4v) is 2.47. The second-order valence-corrected chi connectivity index (χ2v) is 5.99. The number of hydrazone groups is 1. The van der Waals surface area contributed by atoms with Gasteiger partial charge in [-0.3, -0.25) is 9.59 Å². The number of anilines is 2. The van der Waals surface area contributed by atoms with Gasteiger partial charge in [-0.05, 0) is 43.3 Å².